The van der Waals surface area contributed by atoms with Crippen molar-refractivity contribution in [3.05, 3.63) is 62.7 Å². The molecule has 0 radical (unpaired) electrons. The summed E-state index contributed by atoms with van der Waals surface area (Å²) >= 11 is 3.32. The quantitative estimate of drug-likeness (QED) is 0.438. The Morgan fingerprint density at radius 2 is 1.91 bits per heavy atom. The Balaban J connectivity index is 1.68. The van der Waals surface area contributed by atoms with Crippen molar-refractivity contribution in [1.29, 1.82) is 0 Å². The van der Waals surface area contributed by atoms with E-state index in [-0.39, 0.29) is 11.6 Å². The van der Waals surface area contributed by atoms with E-state index in [1.807, 2.05) is 12.1 Å². The third-order valence-electron chi connectivity index (χ3n) is 3.01. The molecule has 0 fully saturated rings. The van der Waals surface area contributed by atoms with Crippen LogP contribution in [0.15, 0.2) is 47.1 Å². The molecule has 1 aromatic heterocycles. The smallest absolute Gasteiger partial charge is 0.287 e. The number of amides is 1. The van der Waals surface area contributed by atoms with Crippen molar-refractivity contribution in [2.75, 3.05) is 18.4 Å². The number of pyridine rings is 1. The first-order valence-electron chi connectivity index (χ1n) is 6.94. The number of hydrogen-bond donors (Lipinski definition) is 2. The fourth-order valence-corrected chi connectivity index (χ4v) is 2.07. The molecule has 120 valence electrons. The van der Waals surface area contributed by atoms with E-state index in [0.29, 0.717) is 30.9 Å². The van der Waals surface area contributed by atoms with Crippen LogP contribution in [0.1, 0.15) is 16.8 Å². The molecule has 0 aliphatic rings. The number of rotatable bonds is 7. The van der Waals surface area contributed by atoms with Crippen LogP contribution in [-0.4, -0.2) is 28.9 Å². The third kappa shape index (κ3) is 5.33. The van der Waals surface area contributed by atoms with Crippen molar-refractivity contribution < 1.29 is 9.72 Å². The molecule has 1 heterocycles. The Bertz CT molecular complexity index is 674. The Hall–Kier alpha value is -2.48. The fraction of sp³-hybridized carbons (Fsp3) is 0.200. The molecule has 2 N–H and O–H groups in total. The largest absolute Gasteiger partial charge is 0.370 e. The first kappa shape index (κ1) is 16.9. The molecule has 2 rings (SSSR count). The zero-order valence-corrected chi connectivity index (χ0v) is 13.7. The number of anilines is 1. The fourth-order valence-electron chi connectivity index (χ4n) is 1.81. The summed E-state index contributed by atoms with van der Waals surface area (Å²) < 4.78 is 0.925. The van der Waals surface area contributed by atoms with Crippen molar-refractivity contribution in [3.63, 3.8) is 0 Å². The molecular weight excluding hydrogens is 364 g/mol. The molecule has 0 spiro atoms. The van der Waals surface area contributed by atoms with Crippen LogP contribution in [0.4, 0.5) is 11.5 Å². The van der Waals surface area contributed by atoms with Gasteiger partial charge in [0.05, 0.1) is 4.92 Å². The number of carbonyl (C=O) groups excluding carboxylic acids is 1. The van der Waals surface area contributed by atoms with E-state index in [9.17, 15) is 14.9 Å². The summed E-state index contributed by atoms with van der Waals surface area (Å²) in [6.45, 7) is 1.13. The van der Waals surface area contributed by atoms with Crippen LogP contribution in [0, 0.1) is 10.1 Å². The first-order chi connectivity index (χ1) is 11.1. The second kappa shape index (κ2) is 8.23. The summed E-state index contributed by atoms with van der Waals surface area (Å²) in [5, 5.41) is 16.4. The van der Waals surface area contributed by atoms with Crippen molar-refractivity contribution in [2.24, 2.45) is 0 Å². The number of nitrogens with zero attached hydrogens (tertiary/aromatic N) is 2. The van der Waals surface area contributed by atoms with Gasteiger partial charge in [0.1, 0.15) is 12.0 Å². The van der Waals surface area contributed by atoms with E-state index in [4.69, 9.17) is 0 Å². The van der Waals surface area contributed by atoms with Gasteiger partial charge in [0.25, 0.3) is 11.6 Å². The number of benzene rings is 1. The lowest BCUT2D eigenvalue weighted by molar-refractivity contribution is -0.385. The van der Waals surface area contributed by atoms with E-state index in [0.717, 1.165) is 4.47 Å². The highest BCUT2D eigenvalue weighted by molar-refractivity contribution is 9.10. The molecule has 1 aromatic carbocycles. The summed E-state index contributed by atoms with van der Waals surface area (Å²) in [7, 11) is 0. The predicted molar refractivity (Wildman–Crippen MR) is 90.5 cm³/mol. The van der Waals surface area contributed by atoms with E-state index >= 15 is 0 Å². The van der Waals surface area contributed by atoms with Gasteiger partial charge in [-0.15, -0.1) is 0 Å². The standard InChI is InChI=1S/C15H15BrN4O3/c16-12-4-2-11(3-5-12)15(21)18-9-1-8-17-14-7-6-13(10-19-14)20(22)23/h2-7,10H,1,8-9H2,(H,17,19)(H,18,21). The van der Waals surface area contributed by atoms with E-state index in [2.05, 4.69) is 31.5 Å². The topological polar surface area (TPSA) is 97.2 Å². The van der Waals surface area contributed by atoms with E-state index in [1.54, 1.807) is 18.2 Å². The number of aromatic nitrogens is 1. The molecule has 8 heteroatoms. The van der Waals surface area contributed by atoms with Gasteiger partial charge in [0.2, 0.25) is 0 Å². The van der Waals surface area contributed by atoms with Crippen LogP contribution >= 0.6 is 15.9 Å². The monoisotopic (exact) mass is 378 g/mol. The Morgan fingerprint density at radius 1 is 1.17 bits per heavy atom. The minimum Gasteiger partial charge on any atom is -0.370 e. The average molecular weight is 379 g/mol. The summed E-state index contributed by atoms with van der Waals surface area (Å²) in [5.74, 6) is 0.445. The van der Waals surface area contributed by atoms with Crippen LogP contribution in [0.3, 0.4) is 0 Å². The summed E-state index contributed by atoms with van der Waals surface area (Å²) in [6.07, 6.45) is 1.92. The highest BCUT2D eigenvalue weighted by atomic mass is 79.9. The Morgan fingerprint density at radius 3 is 2.52 bits per heavy atom. The van der Waals surface area contributed by atoms with E-state index in [1.165, 1.54) is 12.3 Å². The van der Waals surface area contributed by atoms with E-state index < -0.39 is 4.92 Å². The molecule has 0 saturated heterocycles. The lowest BCUT2D eigenvalue weighted by atomic mass is 10.2. The summed E-state index contributed by atoms with van der Waals surface area (Å²) in [4.78, 5) is 25.8. The van der Waals surface area contributed by atoms with Gasteiger partial charge < -0.3 is 10.6 Å². The number of nitro groups is 1. The van der Waals surface area contributed by atoms with Crippen LogP contribution < -0.4 is 10.6 Å². The van der Waals surface area contributed by atoms with Gasteiger partial charge in [-0.25, -0.2) is 4.98 Å². The molecule has 2 aromatic rings. The van der Waals surface area contributed by atoms with Crippen LogP contribution in [0.2, 0.25) is 0 Å². The maximum Gasteiger partial charge on any atom is 0.287 e. The van der Waals surface area contributed by atoms with Crippen molar-refractivity contribution >= 4 is 33.3 Å². The van der Waals surface area contributed by atoms with Gasteiger partial charge in [-0.2, -0.15) is 0 Å². The van der Waals surface area contributed by atoms with Gasteiger partial charge in [-0.05, 0) is 36.8 Å². The van der Waals surface area contributed by atoms with Crippen LogP contribution in [0.5, 0.6) is 0 Å². The van der Waals surface area contributed by atoms with Crippen molar-refractivity contribution in [1.82, 2.24) is 10.3 Å². The average Bonchev–Trinajstić information content (AvgIpc) is 2.55. The normalized spacial score (nSPS) is 10.1. The SMILES string of the molecule is O=C(NCCCNc1ccc([N+](=O)[O-])cn1)c1ccc(Br)cc1. The molecule has 1 amide bonds. The molecular formula is C15H15BrN4O3. The molecule has 23 heavy (non-hydrogen) atoms. The highest BCUT2D eigenvalue weighted by Gasteiger charge is 2.05. The van der Waals surface area contributed by atoms with Gasteiger partial charge in [0, 0.05) is 29.2 Å². The zero-order valence-electron chi connectivity index (χ0n) is 12.2. The summed E-state index contributed by atoms with van der Waals surface area (Å²) in [6, 6.07) is 10.1. The molecule has 7 nitrogen and oxygen atoms in total. The van der Waals surface area contributed by atoms with Gasteiger partial charge in [-0.1, -0.05) is 15.9 Å². The minimum absolute atomic E-state index is 0.0442. The van der Waals surface area contributed by atoms with Crippen LogP contribution in [-0.2, 0) is 0 Å². The molecule has 0 aliphatic carbocycles. The maximum absolute atomic E-state index is 11.9. The molecule has 0 atom stereocenters. The molecule has 0 saturated carbocycles. The Labute approximate surface area is 141 Å². The lowest BCUT2D eigenvalue weighted by Gasteiger charge is -2.07. The molecule has 0 unspecified atom stereocenters. The number of halogens is 1. The summed E-state index contributed by atoms with van der Waals surface area (Å²) in [5.41, 5.74) is 0.565. The maximum atomic E-state index is 11.9. The highest BCUT2D eigenvalue weighted by Crippen LogP contribution is 2.12. The second-order valence-corrected chi connectivity index (χ2v) is 5.62. The van der Waals surface area contributed by atoms with Crippen LogP contribution in [0.25, 0.3) is 0 Å². The minimum atomic E-state index is -0.492. The zero-order chi connectivity index (χ0) is 16.7. The number of hydrogen-bond acceptors (Lipinski definition) is 5. The van der Waals surface area contributed by atoms with Gasteiger partial charge in [0.15, 0.2) is 0 Å². The van der Waals surface area contributed by atoms with Gasteiger partial charge >= 0.3 is 0 Å². The first-order valence-corrected chi connectivity index (χ1v) is 7.73. The third-order valence-corrected chi connectivity index (χ3v) is 3.54. The number of nitrogens with one attached hydrogen (secondary N) is 2. The number of carbonyl (C=O) groups is 1. The van der Waals surface area contributed by atoms with Crippen molar-refractivity contribution in [2.45, 2.75) is 6.42 Å². The van der Waals surface area contributed by atoms with Crippen molar-refractivity contribution in [3.8, 4) is 0 Å². The van der Waals surface area contributed by atoms with Gasteiger partial charge in [-0.3, -0.25) is 14.9 Å². The second-order valence-electron chi connectivity index (χ2n) is 4.70. The molecule has 0 aliphatic heterocycles. The predicted octanol–water partition coefficient (Wildman–Crippen LogP) is 2.98. The molecule has 0 bridgehead atoms. The lowest BCUT2D eigenvalue weighted by Crippen LogP contribution is -2.25. The Kier molecular flexibility index (Phi) is 6.04.